The van der Waals surface area contributed by atoms with E-state index < -0.39 is 8.80 Å². The number of benzene rings is 2. The van der Waals surface area contributed by atoms with Crippen LogP contribution in [0, 0.1) is 0 Å². The van der Waals surface area contributed by atoms with Crippen LogP contribution >= 0.6 is 11.6 Å². The zero-order valence-electron chi connectivity index (χ0n) is 9.28. The van der Waals surface area contributed by atoms with E-state index in [2.05, 4.69) is 49.0 Å². The van der Waals surface area contributed by atoms with Crippen molar-refractivity contribution >= 4 is 25.6 Å². The average molecular weight is 246 g/mol. The first-order valence-electron chi connectivity index (χ1n) is 5.38. The second-order valence-corrected chi connectivity index (χ2v) is 6.81. The molecule has 81 valence electrons. The fraction of sp³-hybridized carbons (Fsp3) is 0.143. The van der Waals surface area contributed by atoms with Gasteiger partial charge in [-0.05, 0) is 17.7 Å². The third kappa shape index (κ3) is 2.74. The molecule has 2 rings (SSSR count). The first-order chi connectivity index (χ1) is 7.77. The summed E-state index contributed by atoms with van der Waals surface area (Å²) in [5, 5.41) is 2.36. The maximum atomic E-state index is 6.17. The van der Waals surface area contributed by atoms with E-state index in [0.717, 1.165) is 11.1 Å². The van der Waals surface area contributed by atoms with Gasteiger partial charge in [0.2, 0.25) is 0 Å². The standard InChI is InChI=1S/C14H14ClSi/c1-16(13-8-3-2-4-9-13)11-12-7-5-6-10-14(12)15/h2-10H,11H2,1H3. The predicted octanol–water partition coefficient (Wildman–Crippen LogP) is 3.45. The lowest BCUT2D eigenvalue weighted by Crippen LogP contribution is -2.29. The minimum atomic E-state index is -0.526. The molecule has 0 bridgehead atoms. The molecular formula is C14H14ClSi. The molecule has 0 fully saturated rings. The summed E-state index contributed by atoms with van der Waals surface area (Å²) in [5.74, 6) is 0. The molecule has 0 spiro atoms. The van der Waals surface area contributed by atoms with E-state index in [1.54, 1.807) is 0 Å². The van der Waals surface area contributed by atoms with Gasteiger partial charge in [-0.3, -0.25) is 0 Å². The number of rotatable bonds is 3. The highest BCUT2D eigenvalue weighted by Crippen LogP contribution is 2.16. The second kappa shape index (κ2) is 5.33. The molecule has 0 aliphatic carbocycles. The second-order valence-electron chi connectivity index (χ2n) is 3.91. The Hall–Kier alpha value is -1.05. The Balaban J connectivity index is 2.14. The molecule has 2 heteroatoms. The Bertz CT molecular complexity index is 453. The van der Waals surface area contributed by atoms with Crippen LogP contribution in [0.2, 0.25) is 11.6 Å². The van der Waals surface area contributed by atoms with Crippen LogP contribution in [0.3, 0.4) is 0 Å². The van der Waals surface area contributed by atoms with Gasteiger partial charge < -0.3 is 0 Å². The minimum Gasteiger partial charge on any atom is -0.0841 e. The van der Waals surface area contributed by atoms with Crippen molar-refractivity contribution in [2.45, 2.75) is 12.6 Å². The minimum absolute atomic E-state index is 0.526. The van der Waals surface area contributed by atoms with Crippen molar-refractivity contribution in [3.05, 3.63) is 65.2 Å². The van der Waals surface area contributed by atoms with Crippen molar-refractivity contribution in [3.63, 3.8) is 0 Å². The molecule has 0 aromatic heterocycles. The summed E-state index contributed by atoms with van der Waals surface area (Å²) in [6.07, 6.45) is 0. The first-order valence-corrected chi connectivity index (χ1v) is 7.97. The maximum Gasteiger partial charge on any atom is 0.0869 e. The first kappa shape index (κ1) is 11.4. The van der Waals surface area contributed by atoms with Gasteiger partial charge in [-0.2, -0.15) is 0 Å². The van der Waals surface area contributed by atoms with E-state index in [0.29, 0.717) is 0 Å². The van der Waals surface area contributed by atoms with Crippen molar-refractivity contribution < 1.29 is 0 Å². The van der Waals surface area contributed by atoms with Crippen molar-refractivity contribution in [1.29, 1.82) is 0 Å². The number of hydrogen-bond donors (Lipinski definition) is 0. The van der Waals surface area contributed by atoms with Crippen molar-refractivity contribution in [2.75, 3.05) is 0 Å². The zero-order chi connectivity index (χ0) is 11.4. The normalized spacial score (nSPS) is 10.7. The van der Waals surface area contributed by atoms with Crippen LogP contribution < -0.4 is 5.19 Å². The molecule has 2 aromatic carbocycles. The third-order valence-electron chi connectivity index (χ3n) is 2.68. The summed E-state index contributed by atoms with van der Waals surface area (Å²) in [4.78, 5) is 0. The van der Waals surface area contributed by atoms with Crippen LogP contribution in [0.25, 0.3) is 0 Å². The van der Waals surface area contributed by atoms with Gasteiger partial charge in [0, 0.05) is 5.02 Å². The lowest BCUT2D eigenvalue weighted by Gasteiger charge is -2.10. The van der Waals surface area contributed by atoms with Gasteiger partial charge in [0.15, 0.2) is 0 Å². The lowest BCUT2D eigenvalue weighted by molar-refractivity contribution is 1.36. The van der Waals surface area contributed by atoms with E-state index >= 15 is 0 Å². The Labute approximate surface area is 103 Å². The molecule has 0 saturated carbocycles. The van der Waals surface area contributed by atoms with Gasteiger partial charge in [-0.25, -0.2) is 0 Å². The highest BCUT2D eigenvalue weighted by molar-refractivity contribution is 6.71. The SMILES string of the molecule is C[Si](Cc1ccccc1Cl)c1ccccc1. The van der Waals surface area contributed by atoms with Crippen LogP contribution in [-0.4, -0.2) is 8.80 Å². The molecule has 0 unspecified atom stereocenters. The highest BCUT2D eigenvalue weighted by Gasteiger charge is 2.09. The van der Waals surface area contributed by atoms with Crippen LogP contribution in [0.4, 0.5) is 0 Å². The highest BCUT2D eigenvalue weighted by atomic mass is 35.5. The van der Waals surface area contributed by atoms with Crippen molar-refractivity contribution in [1.82, 2.24) is 0 Å². The summed E-state index contributed by atoms with van der Waals surface area (Å²) >= 11 is 6.17. The van der Waals surface area contributed by atoms with Gasteiger partial charge >= 0.3 is 0 Å². The summed E-state index contributed by atoms with van der Waals surface area (Å²) < 4.78 is 0. The Morgan fingerprint density at radius 2 is 1.56 bits per heavy atom. The molecule has 0 saturated heterocycles. The van der Waals surface area contributed by atoms with Crippen molar-refractivity contribution in [3.8, 4) is 0 Å². The van der Waals surface area contributed by atoms with Crippen LogP contribution in [0.5, 0.6) is 0 Å². The smallest absolute Gasteiger partial charge is 0.0841 e. The third-order valence-corrected chi connectivity index (χ3v) is 5.28. The summed E-state index contributed by atoms with van der Waals surface area (Å²) in [5.41, 5.74) is 1.27. The Kier molecular flexibility index (Phi) is 3.81. The Morgan fingerprint density at radius 1 is 0.938 bits per heavy atom. The molecule has 0 heterocycles. The van der Waals surface area contributed by atoms with E-state index in [1.807, 2.05) is 12.1 Å². The molecule has 0 aliphatic rings. The molecule has 0 nitrogen and oxygen atoms in total. The summed E-state index contributed by atoms with van der Waals surface area (Å²) in [6, 6.07) is 19.9. The van der Waals surface area contributed by atoms with E-state index in [9.17, 15) is 0 Å². The fourth-order valence-corrected chi connectivity index (χ4v) is 3.91. The molecule has 2 aromatic rings. The van der Waals surface area contributed by atoms with E-state index in [4.69, 9.17) is 11.6 Å². The van der Waals surface area contributed by atoms with Gasteiger partial charge in [0.05, 0.1) is 8.80 Å². The molecule has 1 radical (unpaired) electrons. The molecule has 0 amide bonds. The summed E-state index contributed by atoms with van der Waals surface area (Å²) in [7, 11) is -0.526. The van der Waals surface area contributed by atoms with E-state index in [-0.39, 0.29) is 0 Å². The summed E-state index contributed by atoms with van der Waals surface area (Å²) in [6.45, 7) is 2.34. The number of hydrogen-bond acceptors (Lipinski definition) is 0. The average Bonchev–Trinajstić information content (AvgIpc) is 2.33. The fourth-order valence-electron chi connectivity index (χ4n) is 1.75. The quantitative estimate of drug-likeness (QED) is 0.727. The van der Waals surface area contributed by atoms with Crippen LogP contribution in [-0.2, 0) is 6.04 Å². The molecule has 0 N–H and O–H groups in total. The van der Waals surface area contributed by atoms with Gasteiger partial charge in [-0.15, -0.1) is 0 Å². The van der Waals surface area contributed by atoms with Crippen molar-refractivity contribution in [2.24, 2.45) is 0 Å². The van der Waals surface area contributed by atoms with Gasteiger partial charge in [-0.1, -0.05) is 71.9 Å². The largest absolute Gasteiger partial charge is 0.0869 e. The van der Waals surface area contributed by atoms with Crippen LogP contribution in [0.15, 0.2) is 54.6 Å². The lowest BCUT2D eigenvalue weighted by atomic mass is 10.2. The molecule has 0 aliphatic heterocycles. The Morgan fingerprint density at radius 3 is 2.25 bits per heavy atom. The van der Waals surface area contributed by atoms with E-state index in [1.165, 1.54) is 10.8 Å². The van der Waals surface area contributed by atoms with Gasteiger partial charge in [0.1, 0.15) is 0 Å². The molecule has 16 heavy (non-hydrogen) atoms. The monoisotopic (exact) mass is 245 g/mol. The number of halogens is 1. The zero-order valence-corrected chi connectivity index (χ0v) is 11.0. The topological polar surface area (TPSA) is 0 Å². The maximum absolute atomic E-state index is 6.17. The molecular weight excluding hydrogens is 232 g/mol. The van der Waals surface area contributed by atoms with Gasteiger partial charge in [0.25, 0.3) is 0 Å². The molecule has 0 atom stereocenters. The predicted molar refractivity (Wildman–Crippen MR) is 72.9 cm³/mol. The van der Waals surface area contributed by atoms with Crippen LogP contribution in [0.1, 0.15) is 5.56 Å².